The van der Waals surface area contributed by atoms with E-state index >= 15 is 0 Å². The van der Waals surface area contributed by atoms with E-state index in [2.05, 4.69) is 15.3 Å². The van der Waals surface area contributed by atoms with E-state index in [-0.39, 0.29) is 31.3 Å². The molecule has 1 aromatic heterocycles. The lowest BCUT2D eigenvalue weighted by atomic mass is 9.87. The van der Waals surface area contributed by atoms with Gasteiger partial charge in [0.25, 0.3) is 5.91 Å². The number of carbonyl (C=O) groups is 2. The predicted octanol–water partition coefficient (Wildman–Crippen LogP) is 3.75. The van der Waals surface area contributed by atoms with Crippen molar-refractivity contribution < 1.29 is 14.3 Å². The number of ether oxygens (including phenoxy) is 1. The van der Waals surface area contributed by atoms with Crippen LogP contribution in [0.5, 0.6) is 0 Å². The van der Waals surface area contributed by atoms with Crippen LogP contribution in [-0.2, 0) is 26.3 Å². The molecule has 8 heteroatoms. The van der Waals surface area contributed by atoms with Crippen LogP contribution in [0, 0.1) is 0 Å². The van der Waals surface area contributed by atoms with Gasteiger partial charge in [-0.2, -0.15) is 0 Å². The molecular weight excluding hydrogens is 370 g/mol. The van der Waals surface area contributed by atoms with Gasteiger partial charge in [-0.1, -0.05) is 41.5 Å². The Labute approximate surface area is 166 Å². The number of nitrogens with one attached hydrogen (secondary N) is 1. The van der Waals surface area contributed by atoms with E-state index in [0.29, 0.717) is 0 Å². The molecule has 1 N–H and O–H groups in total. The SMILES string of the molecule is COC(=O)Cc1cn([C@]2(CCN=[N+]=[N-])C(=O)Nc3ccccc32)c2ccccc12. The summed E-state index contributed by atoms with van der Waals surface area (Å²) < 4.78 is 6.73. The number of carbonyl (C=O) groups excluding carboxylic acids is 2. The molecule has 0 fully saturated rings. The van der Waals surface area contributed by atoms with Gasteiger partial charge in [0.1, 0.15) is 0 Å². The number of rotatable bonds is 6. The number of azide groups is 1. The molecule has 1 aliphatic rings. The molecule has 146 valence electrons. The van der Waals surface area contributed by atoms with E-state index in [1.807, 2.05) is 59.3 Å². The second kappa shape index (κ2) is 7.33. The summed E-state index contributed by atoms with van der Waals surface area (Å²) >= 11 is 0. The van der Waals surface area contributed by atoms with Crippen molar-refractivity contribution in [1.82, 2.24) is 4.57 Å². The van der Waals surface area contributed by atoms with E-state index in [1.54, 1.807) is 0 Å². The summed E-state index contributed by atoms with van der Waals surface area (Å²) in [5.74, 6) is -0.551. The Bertz CT molecular complexity index is 1160. The highest BCUT2D eigenvalue weighted by Crippen LogP contribution is 2.44. The van der Waals surface area contributed by atoms with Crippen LogP contribution in [0.25, 0.3) is 21.3 Å². The summed E-state index contributed by atoms with van der Waals surface area (Å²) in [6.07, 6.45) is 2.22. The number of benzene rings is 2. The topological polar surface area (TPSA) is 109 Å². The van der Waals surface area contributed by atoms with E-state index in [4.69, 9.17) is 10.3 Å². The lowest BCUT2D eigenvalue weighted by Crippen LogP contribution is -2.42. The number of aromatic nitrogens is 1. The number of anilines is 1. The summed E-state index contributed by atoms with van der Waals surface area (Å²) in [5.41, 5.74) is 10.8. The normalized spacial score (nSPS) is 17.5. The summed E-state index contributed by atoms with van der Waals surface area (Å²) in [6, 6.07) is 15.1. The average Bonchev–Trinajstić information content (AvgIpc) is 3.24. The largest absolute Gasteiger partial charge is 0.469 e. The maximum atomic E-state index is 13.3. The fourth-order valence-electron chi connectivity index (χ4n) is 4.10. The van der Waals surface area contributed by atoms with Gasteiger partial charge in [-0.05, 0) is 29.6 Å². The van der Waals surface area contributed by atoms with Gasteiger partial charge in [-0.25, -0.2) is 0 Å². The summed E-state index contributed by atoms with van der Waals surface area (Å²) in [6.45, 7) is 0.150. The van der Waals surface area contributed by atoms with Crippen molar-refractivity contribution in [2.45, 2.75) is 18.4 Å². The fraction of sp³-hybridized carbons (Fsp3) is 0.238. The van der Waals surface area contributed by atoms with Crippen molar-refractivity contribution in [2.24, 2.45) is 5.11 Å². The summed E-state index contributed by atoms with van der Waals surface area (Å²) in [4.78, 5) is 28.1. The van der Waals surface area contributed by atoms with Crippen LogP contribution in [0.1, 0.15) is 17.5 Å². The zero-order valence-electron chi connectivity index (χ0n) is 15.8. The number of esters is 1. The molecule has 0 bridgehead atoms. The molecule has 0 radical (unpaired) electrons. The van der Waals surface area contributed by atoms with Crippen molar-refractivity contribution >= 4 is 28.5 Å². The van der Waals surface area contributed by atoms with Crippen LogP contribution in [0.2, 0.25) is 0 Å². The van der Waals surface area contributed by atoms with Gasteiger partial charge in [0.05, 0.1) is 13.5 Å². The lowest BCUT2D eigenvalue weighted by Gasteiger charge is -2.30. The molecule has 1 aliphatic heterocycles. The first-order valence-electron chi connectivity index (χ1n) is 9.20. The molecule has 8 nitrogen and oxygen atoms in total. The van der Waals surface area contributed by atoms with Gasteiger partial charge in [0.2, 0.25) is 0 Å². The van der Waals surface area contributed by atoms with Crippen LogP contribution >= 0.6 is 0 Å². The summed E-state index contributed by atoms with van der Waals surface area (Å²) in [7, 11) is 1.35. The maximum absolute atomic E-state index is 13.3. The third-order valence-electron chi connectivity index (χ3n) is 5.40. The number of hydrogen-bond acceptors (Lipinski definition) is 4. The minimum absolute atomic E-state index is 0.0969. The Kier molecular flexibility index (Phi) is 4.70. The lowest BCUT2D eigenvalue weighted by molar-refractivity contribution is -0.139. The molecule has 4 rings (SSSR count). The predicted molar refractivity (Wildman–Crippen MR) is 108 cm³/mol. The number of fused-ring (bicyclic) bond motifs is 2. The second-order valence-corrected chi connectivity index (χ2v) is 6.86. The third kappa shape index (κ3) is 2.90. The Morgan fingerprint density at radius 2 is 2.00 bits per heavy atom. The molecule has 0 spiro atoms. The highest BCUT2D eigenvalue weighted by molar-refractivity contribution is 6.07. The van der Waals surface area contributed by atoms with Gasteiger partial charge in [-0.3, -0.25) is 9.59 Å². The number of para-hydroxylation sites is 2. The van der Waals surface area contributed by atoms with Crippen LogP contribution in [0.3, 0.4) is 0 Å². The zero-order chi connectivity index (χ0) is 20.4. The summed E-state index contributed by atoms with van der Waals surface area (Å²) in [5, 5.41) is 7.50. The van der Waals surface area contributed by atoms with Crippen molar-refractivity contribution in [3.8, 4) is 0 Å². The molecule has 2 heterocycles. The standard InChI is InChI=1S/C21H19N5O3/c1-29-19(27)12-14-13-26(18-9-5-2-6-15(14)18)21(10-11-23-25-22)16-7-3-4-8-17(16)24-20(21)28/h2-9,13H,10-12H2,1H3,(H,24,28)/t21-/m0/s1. The number of hydrogen-bond donors (Lipinski definition) is 1. The van der Waals surface area contributed by atoms with Crippen LogP contribution < -0.4 is 5.32 Å². The van der Waals surface area contributed by atoms with Gasteiger partial charge in [0, 0.05) is 39.8 Å². The highest BCUT2D eigenvalue weighted by Gasteiger charge is 2.48. The third-order valence-corrected chi connectivity index (χ3v) is 5.40. The van der Waals surface area contributed by atoms with Crippen LogP contribution in [-0.4, -0.2) is 30.1 Å². The second-order valence-electron chi connectivity index (χ2n) is 6.86. The van der Waals surface area contributed by atoms with Crippen molar-refractivity contribution in [3.05, 3.63) is 76.3 Å². The molecule has 0 saturated heterocycles. The van der Waals surface area contributed by atoms with Gasteiger partial charge < -0.3 is 14.6 Å². The molecule has 1 atom stereocenters. The van der Waals surface area contributed by atoms with E-state index in [9.17, 15) is 9.59 Å². The van der Waals surface area contributed by atoms with Crippen LogP contribution in [0.4, 0.5) is 5.69 Å². The van der Waals surface area contributed by atoms with Gasteiger partial charge in [0.15, 0.2) is 5.54 Å². The van der Waals surface area contributed by atoms with Crippen molar-refractivity contribution in [2.75, 3.05) is 19.0 Å². The molecule has 3 aromatic rings. The maximum Gasteiger partial charge on any atom is 0.310 e. The Hall–Kier alpha value is -3.77. The van der Waals surface area contributed by atoms with Gasteiger partial charge in [-0.15, -0.1) is 0 Å². The van der Waals surface area contributed by atoms with Crippen molar-refractivity contribution in [3.63, 3.8) is 0 Å². The molecule has 0 aliphatic carbocycles. The monoisotopic (exact) mass is 389 g/mol. The first kappa shape index (κ1) is 18.6. The Balaban J connectivity index is 1.98. The van der Waals surface area contributed by atoms with Gasteiger partial charge >= 0.3 is 5.97 Å². The fourth-order valence-corrected chi connectivity index (χ4v) is 4.10. The Morgan fingerprint density at radius 3 is 2.79 bits per heavy atom. The molecule has 2 aromatic carbocycles. The zero-order valence-corrected chi connectivity index (χ0v) is 15.8. The highest BCUT2D eigenvalue weighted by atomic mass is 16.5. The molecule has 1 amide bonds. The molecule has 29 heavy (non-hydrogen) atoms. The smallest absolute Gasteiger partial charge is 0.310 e. The molecule has 0 unspecified atom stereocenters. The number of amides is 1. The van der Waals surface area contributed by atoms with Crippen molar-refractivity contribution in [1.29, 1.82) is 0 Å². The molecular formula is C21H19N5O3. The number of methoxy groups -OCH3 is 1. The quantitative estimate of drug-likeness (QED) is 0.300. The average molecular weight is 389 g/mol. The van der Waals surface area contributed by atoms with E-state index in [1.165, 1.54) is 7.11 Å². The minimum atomic E-state index is -1.08. The van der Waals surface area contributed by atoms with E-state index < -0.39 is 5.54 Å². The number of nitrogens with zero attached hydrogens (tertiary/aromatic N) is 4. The first-order chi connectivity index (χ1) is 14.1. The Morgan fingerprint density at radius 1 is 1.24 bits per heavy atom. The first-order valence-corrected chi connectivity index (χ1v) is 9.20. The minimum Gasteiger partial charge on any atom is -0.469 e. The molecule has 0 saturated carbocycles. The van der Waals surface area contributed by atoms with E-state index in [0.717, 1.165) is 27.7 Å². The van der Waals surface area contributed by atoms with Crippen LogP contribution in [0.15, 0.2) is 59.8 Å².